The average molecular weight is 254 g/mol. The summed E-state index contributed by atoms with van der Waals surface area (Å²) in [7, 11) is 0. The average Bonchev–Trinajstić information content (AvgIpc) is 2.38. The van der Waals surface area contributed by atoms with Crippen LogP contribution in [0, 0.1) is 13.8 Å². The number of hydrogen-bond acceptors (Lipinski definition) is 2. The van der Waals surface area contributed by atoms with Gasteiger partial charge in [0.05, 0.1) is 0 Å². The minimum Gasteiger partial charge on any atom is -0.310 e. The van der Waals surface area contributed by atoms with Gasteiger partial charge >= 0.3 is 0 Å². The molecule has 0 bridgehead atoms. The third kappa shape index (κ3) is 4.18. The van der Waals surface area contributed by atoms with Gasteiger partial charge in [0.2, 0.25) is 0 Å². The molecule has 1 heterocycles. The summed E-state index contributed by atoms with van der Waals surface area (Å²) in [6, 6.07) is 11.2. The molecule has 2 nitrogen and oxygen atoms in total. The van der Waals surface area contributed by atoms with Gasteiger partial charge in [0.15, 0.2) is 0 Å². The van der Waals surface area contributed by atoms with Gasteiger partial charge in [-0.1, -0.05) is 35.4 Å². The first-order valence-corrected chi connectivity index (χ1v) is 6.85. The second-order valence-electron chi connectivity index (χ2n) is 5.21. The van der Waals surface area contributed by atoms with E-state index >= 15 is 0 Å². The normalized spacial score (nSPS) is 12.4. The molecular weight excluding hydrogens is 232 g/mol. The van der Waals surface area contributed by atoms with E-state index in [-0.39, 0.29) is 0 Å². The molecule has 0 fully saturated rings. The highest BCUT2D eigenvalue weighted by Gasteiger charge is 2.05. The van der Waals surface area contributed by atoms with Crippen LogP contribution < -0.4 is 5.32 Å². The molecule has 0 saturated carbocycles. The molecule has 2 rings (SSSR count). The van der Waals surface area contributed by atoms with E-state index < -0.39 is 0 Å². The van der Waals surface area contributed by atoms with Crippen LogP contribution in [0.2, 0.25) is 0 Å². The van der Waals surface area contributed by atoms with E-state index in [9.17, 15) is 0 Å². The highest BCUT2D eigenvalue weighted by atomic mass is 14.9. The maximum Gasteiger partial charge on any atom is 0.0300 e. The predicted molar refractivity (Wildman–Crippen MR) is 80.3 cm³/mol. The third-order valence-electron chi connectivity index (χ3n) is 3.33. The number of nitrogens with one attached hydrogen (secondary N) is 1. The summed E-state index contributed by atoms with van der Waals surface area (Å²) in [6.07, 6.45) is 4.77. The molecule has 0 aliphatic rings. The number of pyridine rings is 1. The van der Waals surface area contributed by atoms with Crippen molar-refractivity contribution >= 4 is 0 Å². The summed E-state index contributed by atoms with van der Waals surface area (Å²) in [5.74, 6) is 0. The van der Waals surface area contributed by atoms with E-state index in [2.05, 4.69) is 55.3 Å². The molecule has 2 aromatic rings. The lowest BCUT2D eigenvalue weighted by Gasteiger charge is -2.15. The van der Waals surface area contributed by atoms with Crippen LogP contribution in [0.3, 0.4) is 0 Å². The van der Waals surface area contributed by atoms with E-state index in [0.717, 1.165) is 13.0 Å². The van der Waals surface area contributed by atoms with Crippen LogP contribution in [0.5, 0.6) is 0 Å². The van der Waals surface area contributed by atoms with Gasteiger partial charge in [-0.15, -0.1) is 0 Å². The van der Waals surface area contributed by atoms with Gasteiger partial charge in [-0.05, 0) is 50.9 Å². The Kier molecular flexibility index (Phi) is 4.69. The topological polar surface area (TPSA) is 24.9 Å². The summed E-state index contributed by atoms with van der Waals surface area (Å²) >= 11 is 0. The summed E-state index contributed by atoms with van der Waals surface area (Å²) in [5, 5.41) is 3.57. The van der Waals surface area contributed by atoms with Gasteiger partial charge in [0.25, 0.3) is 0 Å². The molecule has 0 spiro atoms. The number of rotatable bonds is 5. The summed E-state index contributed by atoms with van der Waals surface area (Å²) in [6.45, 7) is 7.50. The zero-order valence-corrected chi connectivity index (χ0v) is 12.0. The molecule has 0 radical (unpaired) electrons. The maximum absolute atomic E-state index is 4.14. The second kappa shape index (κ2) is 6.48. The lowest BCUT2D eigenvalue weighted by atomic mass is 10.0. The van der Waals surface area contributed by atoms with E-state index in [1.807, 2.05) is 18.5 Å². The fraction of sp³-hybridized carbons (Fsp3) is 0.353. The fourth-order valence-corrected chi connectivity index (χ4v) is 2.36. The molecule has 0 aliphatic carbocycles. The monoisotopic (exact) mass is 254 g/mol. The van der Waals surface area contributed by atoms with Crippen LogP contribution in [-0.2, 0) is 6.42 Å². The molecule has 1 N–H and O–H groups in total. The van der Waals surface area contributed by atoms with Crippen molar-refractivity contribution in [2.24, 2.45) is 0 Å². The Bertz CT molecular complexity index is 500. The van der Waals surface area contributed by atoms with Crippen molar-refractivity contribution in [3.8, 4) is 0 Å². The lowest BCUT2D eigenvalue weighted by Crippen LogP contribution is -2.21. The smallest absolute Gasteiger partial charge is 0.0300 e. The van der Waals surface area contributed by atoms with Gasteiger partial charge in [-0.25, -0.2) is 0 Å². The van der Waals surface area contributed by atoms with Crippen molar-refractivity contribution in [2.45, 2.75) is 33.2 Å². The van der Waals surface area contributed by atoms with E-state index in [0.29, 0.717) is 6.04 Å². The Hall–Kier alpha value is -1.67. The Morgan fingerprint density at radius 3 is 2.53 bits per heavy atom. The number of aryl methyl sites for hydroxylation is 2. The standard InChI is InChI=1S/C17H22N2/c1-13-9-14(2)11-17(10-13)15(3)19-8-6-16-5-4-7-18-12-16/h4-5,7,9-12,15,19H,6,8H2,1-3H3. The molecule has 19 heavy (non-hydrogen) atoms. The predicted octanol–water partition coefficient (Wildman–Crippen LogP) is 3.59. The highest BCUT2D eigenvalue weighted by molar-refractivity contribution is 5.30. The number of benzene rings is 1. The number of hydrogen-bond donors (Lipinski definition) is 1. The van der Waals surface area contributed by atoms with Crippen molar-refractivity contribution < 1.29 is 0 Å². The third-order valence-corrected chi connectivity index (χ3v) is 3.33. The first-order chi connectivity index (χ1) is 9.15. The molecule has 1 unspecified atom stereocenters. The Morgan fingerprint density at radius 2 is 1.89 bits per heavy atom. The van der Waals surface area contributed by atoms with Gasteiger partial charge < -0.3 is 5.32 Å². The van der Waals surface area contributed by atoms with Gasteiger partial charge in [0.1, 0.15) is 0 Å². The molecule has 0 amide bonds. The second-order valence-corrected chi connectivity index (χ2v) is 5.21. The van der Waals surface area contributed by atoms with Crippen LogP contribution in [0.1, 0.15) is 35.2 Å². The van der Waals surface area contributed by atoms with Crippen molar-refractivity contribution in [3.63, 3.8) is 0 Å². The SMILES string of the molecule is Cc1cc(C)cc(C(C)NCCc2cccnc2)c1. The largest absolute Gasteiger partial charge is 0.310 e. The molecular formula is C17H22N2. The van der Waals surface area contributed by atoms with Crippen molar-refractivity contribution in [2.75, 3.05) is 6.54 Å². The van der Waals surface area contributed by atoms with E-state index in [1.54, 1.807) is 0 Å². The molecule has 100 valence electrons. The summed E-state index contributed by atoms with van der Waals surface area (Å²) in [5.41, 5.74) is 5.30. The summed E-state index contributed by atoms with van der Waals surface area (Å²) < 4.78 is 0. The van der Waals surface area contributed by atoms with Gasteiger partial charge in [-0.3, -0.25) is 4.98 Å². The zero-order valence-electron chi connectivity index (χ0n) is 12.0. The van der Waals surface area contributed by atoms with E-state index in [4.69, 9.17) is 0 Å². The minimum absolute atomic E-state index is 0.385. The van der Waals surface area contributed by atoms with Gasteiger partial charge in [0, 0.05) is 18.4 Å². The van der Waals surface area contributed by atoms with Gasteiger partial charge in [-0.2, -0.15) is 0 Å². The molecule has 1 aromatic heterocycles. The molecule has 0 aliphatic heterocycles. The zero-order chi connectivity index (χ0) is 13.7. The molecule has 1 atom stereocenters. The Morgan fingerprint density at radius 1 is 1.16 bits per heavy atom. The van der Waals surface area contributed by atoms with Crippen LogP contribution in [0.25, 0.3) is 0 Å². The van der Waals surface area contributed by atoms with Crippen LogP contribution in [0.4, 0.5) is 0 Å². The van der Waals surface area contributed by atoms with Crippen molar-refractivity contribution in [1.82, 2.24) is 10.3 Å². The highest BCUT2D eigenvalue weighted by Crippen LogP contribution is 2.16. The molecule has 1 aromatic carbocycles. The lowest BCUT2D eigenvalue weighted by molar-refractivity contribution is 0.576. The Labute approximate surface area is 115 Å². The van der Waals surface area contributed by atoms with Crippen LogP contribution in [0.15, 0.2) is 42.7 Å². The Balaban J connectivity index is 1.89. The molecule has 0 saturated heterocycles. The van der Waals surface area contributed by atoms with Crippen LogP contribution >= 0.6 is 0 Å². The van der Waals surface area contributed by atoms with Crippen molar-refractivity contribution in [3.05, 3.63) is 65.0 Å². The first-order valence-electron chi connectivity index (χ1n) is 6.85. The quantitative estimate of drug-likeness (QED) is 0.882. The maximum atomic E-state index is 4.14. The first kappa shape index (κ1) is 13.8. The number of nitrogens with zero attached hydrogens (tertiary/aromatic N) is 1. The van der Waals surface area contributed by atoms with Crippen molar-refractivity contribution in [1.29, 1.82) is 0 Å². The fourth-order valence-electron chi connectivity index (χ4n) is 2.36. The molecule has 2 heteroatoms. The summed E-state index contributed by atoms with van der Waals surface area (Å²) in [4.78, 5) is 4.14. The van der Waals surface area contributed by atoms with E-state index in [1.165, 1.54) is 22.3 Å². The minimum atomic E-state index is 0.385. The van der Waals surface area contributed by atoms with Crippen LogP contribution in [-0.4, -0.2) is 11.5 Å². The number of aromatic nitrogens is 1.